The van der Waals surface area contributed by atoms with Crippen LogP contribution in [0.2, 0.25) is 0 Å². The Bertz CT molecular complexity index is 1280. The molecule has 2 aromatic heterocycles. The molecule has 2 aromatic carbocycles. The Balaban J connectivity index is 1.77. The van der Waals surface area contributed by atoms with Gasteiger partial charge in [0.05, 0.1) is 24.7 Å². The Kier molecular flexibility index (Phi) is 5.33. The molecule has 1 N–H and O–H groups in total. The second kappa shape index (κ2) is 8.10. The Labute approximate surface area is 179 Å². The number of methoxy groups -OCH3 is 1. The van der Waals surface area contributed by atoms with E-state index in [4.69, 9.17) is 9.15 Å². The Morgan fingerprint density at radius 3 is 2.48 bits per heavy atom. The van der Waals surface area contributed by atoms with Gasteiger partial charge in [-0.15, -0.1) is 0 Å². The number of nitrogens with one attached hydrogen (secondary N) is 1. The molecule has 0 saturated heterocycles. The monoisotopic (exact) mass is 417 g/mol. The van der Waals surface area contributed by atoms with E-state index in [-0.39, 0.29) is 24.2 Å². The fourth-order valence-corrected chi connectivity index (χ4v) is 3.63. The number of rotatable bonds is 5. The van der Waals surface area contributed by atoms with Crippen molar-refractivity contribution >= 4 is 28.7 Å². The molecule has 0 bridgehead atoms. The standard InChI is InChI=1S/C24H23N3O4/c1-14-5-7-17(8-6-14)23(29)27-16(3)19(20-11-18(30-4)9-10-21(20)27)12-22(28)26-24-25-15(2)13-31-24/h5-11,13H,12H2,1-4H3,(H,25,26,28). The van der Waals surface area contributed by atoms with Crippen LogP contribution in [0, 0.1) is 20.8 Å². The molecule has 4 rings (SSSR count). The molecule has 31 heavy (non-hydrogen) atoms. The van der Waals surface area contributed by atoms with Crippen LogP contribution in [0.5, 0.6) is 5.75 Å². The molecule has 1 amide bonds. The van der Waals surface area contributed by atoms with Gasteiger partial charge in [-0.25, -0.2) is 0 Å². The van der Waals surface area contributed by atoms with Crippen LogP contribution in [-0.2, 0) is 11.2 Å². The van der Waals surface area contributed by atoms with Gasteiger partial charge in [-0.2, -0.15) is 4.98 Å². The Morgan fingerprint density at radius 1 is 1.10 bits per heavy atom. The van der Waals surface area contributed by atoms with Crippen molar-refractivity contribution in [2.75, 3.05) is 12.4 Å². The quantitative estimate of drug-likeness (QED) is 0.519. The van der Waals surface area contributed by atoms with Crippen LogP contribution in [0.1, 0.15) is 32.9 Å². The zero-order valence-electron chi connectivity index (χ0n) is 17.9. The summed E-state index contributed by atoms with van der Waals surface area (Å²) in [6.07, 6.45) is 1.53. The molecule has 0 unspecified atom stereocenters. The number of nitrogens with zero attached hydrogens (tertiary/aromatic N) is 2. The number of hydrogen-bond acceptors (Lipinski definition) is 5. The van der Waals surface area contributed by atoms with Crippen molar-refractivity contribution in [3.8, 4) is 5.75 Å². The number of hydrogen-bond donors (Lipinski definition) is 1. The smallest absolute Gasteiger partial charge is 0.301 e. The summed E-state index contributed by atoms with van der Waals surface area (Å²) in [5, 5.41) is 3.45. The lowest BCUT2D eigenvalue weighted by atomic mass is 10.1. The third-order valence-electron chi connectivity index (χ3n) is 5.25. The fourth-order valence-electron chi connectivity index (χ4n) is 3.63. The van der Waals surface area contributed by atoms with Crippen LogP contribution in [0.4, 0.5) is 6.01 Å². The first-order valence-electron chi connectivity index (χ1n) is 9.88. The maximum atomic E-state index is 13.3. The van der Waals surface area contributed by atoms with E-state index >= 15 is 0 Å². The van der Waals surface area contributed by atoms with E-state index in [1.54, 1.807) is 24.7 Å². The first-order valence-corrected chi connectivity index (χ1v) is 9.88. The molecule has 4 aromatic rings. The minimum Gasteiger partial charge on any atom is -0.497 e. The number of benzene rings is 2. The van der Waals surface area contributed by atoms with Crippen LogP contribution >= 0.6 is 0 Å². The summed E-state index contributed by atoms with van der Waals surface area (Å²) in [4.78, 5) is 30.1. The lowest BCUT2D eigenvalue weighted by molar-refractivity contribution is -0.115. The highest BCUT2D eigenvalue weighted by atomic mass is 16.5. The second-order valence-corrected chi connectivity index (χ2v) is 7.47. The van der Waals surface area contributed by atoms with E-state index in [0.717, 1.165) is 22.0 Å². The predicted octanol–water partition coefficient (Wildman–Crippen LogP) is 4.43. The minimum absolute atomic E-state index is 0.0606. The van der Waals surface area contributed by atoms with Crippen molar-refractivity contribution in [1.29, 1.82) is 0 Å². The van der Waals surface area contributed by atoms with Gasteiger partial charge in [0.2, 0.25) is 5.91 Å². The molecule has 0 fully saturated rings. The van der Waals surface area contributed by atoms with Gasteiger partial charge in [-0.1, -0.05) is 17.7 Å². The van der Waals surface area contributed by atoms with Gasteiger partial charge in [0.15, 0.2) is 0 Å². The molecule has 0 radical (unpaired) electrons. The average molecular weight is 417 g/mol. The topological polar surface area (TPSA) is 86.4 Å². The van der Waals surface area contributed by atoms with Crippen molar-refractivity contribution in [2.24, 2.45) is 0 Å². The molecule has 0 atom stereocenters. The third kappa shape index (κ3) is 3.94. The van der Waals surface area contributed by atoms with E-state index in [1.807, 2.05) is 50.2 Å². The lowest BCUT2D eigenvalue weighted by Gasteiger charge is -2.08. The number of aryl methyl sites for hydroxylation is 2. The molecule has 0 spiro atoms. The number of aromatic nitrogens is 2. The van der Waals surface area contributed by atoms with Gasteiger partial charge >= 0.3 is 6.01 Å². The van der Waals surface area contributed by atoms with E-state index < -0.39 is 0 Å². The van der Waals surface area contributed by atoms with Crippen molar-refractivity contribution in [1.82, 2.24) is 9.55 Å². The van der Waals surface area contributed by atoms with Gasteiger partial charge in [-0.05, 0) is 56.7 Å². The molecule has 0 aliphatic rings. The zero-order valence-corrected chi connectivity index (χ0v) is 17.9. The maximum Gasteiger partial charge on any atom is 0.301 e. The molecule has 0 aliphatic carbocycles. The van der Waals surface area contributed by atoms with Gasteiger partial charge in [0.1, 0.15) is 12.0 Å². The Morgan fingerprint density at radius 2 is 1.84 bits per heavy atom. The predicted molar refractivity (Wildman–Crippen MR) is 118 cm³/mol. The number of carbonyl (C=O) groups excluding carboxylic acids is 2. The molecule has 7 heteroatoms. The highest BCUT2D eigenvalue weighted by Crippen LogP contribution is 2.31. The van der Waals surface area contributed by atoms with Crippen LogP contribution in [0.25, 0.3) is 10.9 Å². The van der Waals surface area contributed by atoms with Crippen LogP contribution < -0.4 is 10.1 Å². The van der Waals surface area contributed by atoms with E-state index in [0.29, 0.717) is 22.7 Å². The lowest BCUT2D eigenvalue weighted by Crippen LogP contribution is -2.17. The molecular weight excluding hydrogens is 394 g/mol. The minimum atomic E-state index is -0.283. The first-order chi connectivity index (χ1) is 14.9. The molecule has 2 heterocycles. The number of oxazole rings is 1. The third-order valence-corrected chi connectivity index (χ3v) is 5.25. The molecule has 7 nitrogen and oxygen atoms in total. The largest absolute Gasteiger partial charge is 0.497 e. The van der Waals surface area contributed by atoms with Crippen LogP contribution in [0.15, 0.2) is 53.1 Å². The summed E-state index contributed by atoms with van der Waals surface area (Å²) in [7, 11) is 1.58. The molecule has 0 aliphatic heterocycles. The molecule has 158 valence electrons. The number of amides is 1. The van der Waals surface area contributed by atoms with Crippen molar-refractivity contribution < 1.29 is 18.7 Å². The van der Waals surface area contributed by atoms with E-state index in [2.05, 4.69) is 10.3 Å². The van der Waals surface area contributed by atoms with Crippen molar-refractivity contribution in [3.63, 3.8) is 0 Å². The average Bonchev–Trinajstić information content (AvgIpc) is 3.28. The molecule has 0 saturated carbocycles. The highest BCUT2D eigenvalue weighted by molar-refractivity contribution is 6.05. The summed E-state index contributed by atoms with van der Waals surface area (Å²) in [5.41, 5.74) is 4.50. The SMILES string of the molecule is COc1ccc2c(c1)c(CC(=O)Nc1nc(C)co1)c(C)n2C(=O)c1ccc(C)cc1. The summed E-state index contributed by atoms with van der Waals surface area (Å²) >= 11 is 0. The van der Waals surface area contributed by atoms with Crippen molar-refractivity contribution in [2.45, 2.75) is 27.2 Å². The highest BCUT2D eigenvalue weighted by Gasteiger charge is 2.22. The van der Waals surface area contributed by atoms with Gasteiger partial charge in [-0.3, -0.25) is 19.5 Å². The normalized spacial score (nSPS) is 11.0. The number of anilines is 1. The Hall–Kier alpha value is -3.87. The zero-order chi connectivity index (χ0) is 22.1. The van der Waals surface area contributed by atoms with Gasteiger partial charge in [0, 0.05) is 16.6 Å². The number of fused-ring (bicyclic) bond motifs is 1. The summed E-state index contributed by atoms with van der Waals surface area (Å²) in [6.45, 7) is 5.60. The summed E-state index contributed by atoms with van der Waals surface area (Å²) in [6, 6.07) is 13.1. The maximum absolute atomic E-state index is 13.3. The molecular formula is C24H23N3O4. The number of ether oxygens (including phenoxy) is 1. The van der Waals surface area contributed by atoms with Gasteiger partial charge in [0.25, 0.3) is 5.91 Å². The summed E-state index contributed by atoms with van der Waals surface area (Å²) < 4.78 is 12.2. The summed E-state index contributed by atoms with van der Waals surface area (Å²) in [5.74, 6) is 0.217. The van der Waals surface area contributed by atoms with Gasteiger partial charge < -0.3 is 9.15 Å². The second-order valence-electron chi connectivity index (χ2n) is 7.47. The van der Waals surface area contributed by atoms with E-state index in [9.17, 15) is 9.59 Å². The van der Waals surface area contributed by atoms with Crippen LogP contribution in [-0.4, -0.2) is 28.5 Å². The fraction of sp³-hybridized carbons (Fsp3) is 0.208. The number of carbonyl (C=O) groups is 2. The van der Waals surface area contributed by atoms with Crippen molar-refractivity contribution in [3.05, 3.63) is 76.8 Å². The van der Waals surface area contributed by atoms with Crippen LogP contribution in [0.3, 0.4) is 0 Å². The van der Waals surface area contributed by atoms with E-state index in [1.165, 1.54) is 6.26 Å². The first kappa shape index (κ1) is 20.4.